The van der Waals surface area contributed by atoms with Gasteiger partial charge in [0.15, 0.2) is 0 Å². The zero-order valence-electron chi connectivity index (χ0n) is 12.5. The van der Waals surface area contributed by atoms with E-state index >= 15 is 0 Å². The van der Waals surface area contributed by atoms with Gasteiger partial charge in [0.05, 0.1) is 5.69 Å². The lowest BCUT2D eigenvalue weighted by Gasteiger charge is -2.17. The number of hydrogen-bond donors (Lipinski definition) is 2. The molecule has 0 aliphatic rings. The molecule has 0 aliphatic heterocycles. The summed E-state index contributed by atoms with van der Waals surface area (Å²) in [5.74, 6) is 0.784. The second-order valence-corrected chi connectivity index (χ2v) is 5.17. The van der Waals surface area contributed by atoms with Crippen LogP contribution < -0.4 is 10.1 Å². The molecule has 2 N–H and O–H groups in total. The molecular formula is C17H22N2O2. The Morgan fingerprint density at radius 1 is 1.24 bits per heavy atom. The Kier molecular flexibility index (Phi) is 5.72. The highest BCUT2D eigenvalue weighted by molar-refractivity contribution is 5.27. The maximum atomic E-state index is 9.97. The molecule has 0 aliphatic carbocycles. The number of aromatic nitrogens is 1. The van der Waals surface area contributed by atoms with E-state index in [0.29, 0.717) is 6.54 Å². The molecule has 2 atom stereocenters. The van der Waals surface area contributed by atoms with Crippen LogP contribution in [-0.2, 0) is 0 Å². The van der Waals surface area contributed by atoms with Crippen LogP contribution in [0, 0.1) is 6.92 Å². The molecule has 0 saturated carbocycles. The van der Waals surface area contributed by atoms with Gasteiger partial charge in [0.1, 0.15) is 18.5 Å². The quantitative estimate of drug-likeness (QED) is 0.821. The molecule has 0 bridgehead atoms. The van der Waals surface area contributed by atoms with E-state index in [0.717, 1.165) is 17.0 Å². The summed E-state index contributed by atoms with van der Waals surface area (Å²) < 4.78 is 5.58. The highest BCUT2D eigenvalue weighted by Gasteiger charge is 2.10. The van der Waals surface area contributed by atoms with Gasteiger partial charge in [0.25, 0.3) is 0 Å². The Bertz CT molecular complexity index is 545. The molecule has 2 unspecified atom stereocenters. The number of nitrogens with one attached hydrogen (secondary N) is 1. The van der Waals surface area contributed by atoms with Crippen LogP contribution in [0.1, 0.15) is 24.2 Å². The summed E-state index contributed by atoms with van der Waals surface area (Å²) >= 11 is 0. The molecule has 4 heteroatoms. The molecule has 21 heavy (non-hydrogen) atoms. The molecule has 0 fully saturated rings. The maximum absolute atomic E-state index is 9.97. The topological polar surface area (TPSA) is 54.4 Å². The minimum Gasteiger partial charge on any atom is -0.491 e. The molecule has 4 nitrogen and oxygen atoms in total. The summed E-state index contributed by atoms with van der Waals surface area (Å²) in [6.07, 6.45) is 1.21. The molecular weight excluding hydrogens is 264 g/mol. The van der Waals surface area contributed by atoms with Crippen molar-refractivity contribution >= 4 is 0 Å². The van der Waals surface area contributed by atoms with Gasteiger partial charge in [-0.15, -0.1) is 0 Å². The summed E-state index contributed by atoms with van der Waals surface area (Å²) in [4.78, 5) is 4.28. The number of pyridine rings is 1. The lowest BCUT2D eigenvalue weighted by Crippen LogP contribution is -2.33. The highest BCUT2D eigenvalue weighted by Crippen LogP contribution is 2.12. The fraction of sp³-hybridized carbons (Fsp3) is 0.353. The minimum atomic E-state index is -0.559. The first-order chi connectivity index (χ1) is 10.1. The summed E-state index contributed by atoms with van der Waals surface area (Å²) in [6.45, 7) is 4.77. The van der Waals surface area contributed by atoms with E-state index in [1.165, 1.54) is 0 Å². The molecule has 2 rings (SSSR count). The predicted molar refractivity (Wildman–Crippen MR) is 83.3 cm³/mol. The summed E-state index contributed by atoms with van der Waals surface area (Å²) in [7, 11) is 0. The summed E-state index contributed by atoms with van der Waals surface area (Å²) in [6, 6.07) is 13.7. The van der Waals surface area contributed by atoms with Crippen LogP contribution in [0.5, 0.6) is 5.75 Å². The first-order valence-corrected chi connectivity index (χ1v) is 7.17. The molecule has 2 aromatic rings. The summed E-state index contributed by atoms with van der Waals surface area (Å²) in [5.41, 5.74) is 2.10. The standard InChI is InChI=1S/C17H22N2O2/c1-13-6-5-7-16(10-13)21-12-15(20)11-19-14(2)17-8-3-4-9-18-17/h3-10,14-15,19-20H,11-12H2,1-2H3. The van der Waals surface area contributed by atoms with Gasteiger partial charge in [0.2, 0.25) is 0 Å². The van der Waals surface area contributed by atoms with Gasteiger partial charge in [0, 0.05) is 18.8 Å². The predicted octanol–water partition coefficient (Wildman–Crippen LogP) is 2.48. The smallest absolute Gasteiger partial charge is 0.119 e. The second kappa shape index (κ2) is 7.76. The average molecular weight is 286 g/mol. The molecule has 1 aromatic heterocycles. The van der Waals surface area contributed by atoms with E-state index in [1.54, 1.807) is 6.20 Å². The van der Waals surface area contributed by atoms with Crippen molar-refractivity contribution in [3.8, 4) is 5.75 Å². The van der Waals surface area contributed by atoms with E-state index in [-0.39, 0.29) is 12.6 Å². The number of aliphatic hydroxyl groups excluding tert-OH is 1. The number of ether oxygens (including phenoxy) is 1. The zero-order valence-corrected chi connectivity index (χ0v) is 12.5. The van der Waals surface area contributed by atoms with Crippen molar-refractivity contribution in [3.05, 3.63) is 59.9 Å². The zero-order chi connectivity index (χ0) is 15.1. The second-order valence-electron chi connectivity index (χ2n) is 5.17. The van der Waals surface area contributed by atoms with Crippen LogP contribution in [0.4, 0.5) is 0 Å². The molecule has 0 saturated heterocycles. The number of hydrogen-bond acceptors (Lipinski definition) is 4. The first-order valence-electron chi connectivity index (χ1n) is 7.17. The molecule has 0 amide bonds. The fourth-order valence-electron chi connectivity index (χ4n) is 2.01. The van der Waals surface area contributed by atoms with E-state index in [1.807, 2.05) is 56.3 Å². The van der Waals surface area contributed by atoms with Crippen molar-refractivity contribution in [1.82, 2.24) is 10.3 Å². The summed E-state index contributed by atoms with van der Waals surface area (Å²) in [5, 5.41) is 13.2. The van der Waals surface area contributed by atoms with Crippen LogP contribution in [0.3, 0.4) is 0 Å². The Morgan fingerprint density at radius 3 is 2.81 bits per heavy atom. The Hall–Kier alpha value is -1.91. The third-order valence-corrected chi connectivity index (χ3v) is 3.22. The third-order valence-electron chi connectivity index (χ3n) is 3.22. The number of aliphatic hydroxyl groups is 1. The van der Waals surface area contributed by atoms with Crippen LogP contribution in [0.2, 0.25) is 0 Å². The average Bonchev–Trinajstić information content (AvgIpc) is 2.51. The van der Waals surface area contributed by atoms with E-state index in [9.17, 15) is 5.11 Å². The third kappa shape index (κ3) is 5.17. The lowest BCUT2D eigenvalue weighted by molar-refractivity contribution is 0.104. The number of aryl methyl sites for hydroxylation is 1. The maximum Gasteiger partial charge on any atom is 0.119 e. The molecule has 112 valence electrons. The first kappa shape index (κ1) is 15.5. The van der Waals surface area contributed by atoms with Crippen molar-refractivity contribution in [1.29, 1.82) is 0 Å². The monoisotopic (exact) mass is 286 g/mol. The van der Waals surface area contributed by atoms with Crippen molar-refractivity contribution in [2.45, 2.75) is 26.0 Å². The Labute approximate surface area is 125 Å². The van der Waals surface area contributed by atoms with Crippen LogP contribution in [0.15, 0.2) is 48.7 Å². The largest absolute Gasteiger partial charge is 0.491 e. The van der Waals surface area contributed by atoms with Gasteiger partial charge in [-0.2, -0.15) is 0 Å². The van der Waals surface area contributed by atoms with Gasteiger partial charge >= 0.3 is 0 Å². The van der Waals surface area contributed by atoms with Gasteiger partial charge in [-0.1, -0.05) is 18.2 Å². The molecule has 1 heterocycles. The van der Waals surface area contributed by atoms with E-state index < -0.39 is 6.10 Å². The van der Waals surface area contributed by atoms with Gasteiger partial charge < -0.3 is 15.2 Å². The van der Waals surface area contributed by atoms with Crippen LogP contribution in [0.25, 0.3) is 0 Å². The molecule has 0 radical (unpaired) electrons. The number of benzene rings is 1. The minimum absolute atomic E-state index is 0.0971. The van der Waals surface area contributed by atoms with Crippen molar-refractivity contribution < 1.29 is 9.84 Å². The number of rotatable bonds is 7. The Morgan fingerprint density at radius 2 is 2.10 bits per heavy atom. The highest BCUT2D eigenvalue weighted by atomic mass is 16.5. The molecule has 1 aromatic carbocycles. The lowest BCUT2D eigenvalue weighted by atomic mass is 10.2. The van der Waals surface area contributed by atoms with Crippen molar-refractivity contribution in [3.63, 3.8) is 0 Å². The fourth-order valence-corrected chi connectivity index (χ4v) is 2.01. The van der Waals surface area contributed by atoms with Crippen LogP contribution in [-0.4, -0.2) is 29.3 Å². The number of nitrogens with zero attached hydrogens (tertiary/aromatic N) is 1. The Balaban J connectivity index is 1.73. The van der Waals surface area contributed by atoms with Crippen LogP contribution >= 0.6 is 0 Å². The van der Waals surface area contributed by atoms with Crippen molar-refractivity contribution in [2.24, 2.45) is 0 Å². The van der Waals surface area contributed by atoms with Gasteiger partial charge in [-0.25, -0.2) is 0 Å². The SMILES string of the molecule is Cc1cccc(OCC(O)CNC(C)c2ccccn2)c1. The van der Waals surface area contributed by atoms with Crippen molar-refractivity contribution in [2.75, 3.05) is 13.2 Å². The normalized spacial score (nSPS) is 13.7. The van der Waals surface area contributed by atoms with Gasteiger partial charge in [-0.05, 0) is 43.7 Å². The van der Waals surface area contributed by atoms with E-state index in [4.69, 9.17) is 4.74 Å². The molecule has 0 spiro atoms. The van der Waals surface area contributed by atoms with E-state index in [2.05, 4.69) is 10.3 Å². The van der Waals surface area contributed by atoms with Gasteiger partial charge in [-0.3, -0.25) is 4.98 Å².